The molecule has 0 saturated carbocycles. The lowest BCUT2D eigenvalue weighted by Gasteiger charge is -2.01. The van der Waals surface area contributed by atoms with Crippen LogP contribution in [0.25, 0.3) is 0 Å². The summed E-state index contributed by atoms with van der Waals surface area (Å²) in [5.74, 6) is 0. The molecule has 0 aromatic rings. The molecule has 0 aromatic heterocycles. The highest BCUT2D eigenvalue weighted by Crippen LogP contribution is 2.11. The molecule has 0 radical (unpaired) electrons. The van der Waals surface area contributed by atoms with Gasteiger partial charge in [-0.1, -0.05) is 34.9 Å². The van der Waals surface area contributed by atoms with Crippen LogP contribution in [0.15, 0.2) is 34.9 Å². The molecule has 0 spiro atoms. The summed E-state index contributed by atoms with van der Waals surface area (Å²) in [5.41, 5.74) is 4.18. The molecule has 0 amide bonds. The summed E-state index contributed by atoms with van der Waals surface area (Å²) < 4.78 is 4.86. The van der Waals surface area contributed by atoms with E-state index in [1.807, 2.05) is 6.08 Å². The van der Waals surface area contributed by atoms with Crippen LogP contribution in [0.4, 0.5) is 0 Å². The van der Waals surface area contributed by atoms with Crippen molar-refractivity contribution in [1.82, 2.24) is 0 Å². The van der Waals surface area contributed by atoms with Crippen molar-refractivity contribution in [1.29, 1.82) is 0 Å². The van der Waals surface area contributed by atoms with E-state index in [0.29, 0.717) is 6.61 Å². The summed E-state index contributed by atoms with van der Waals surface area (Å²) in [7, 11) is 0. The second-order valence-corrected chi connectivity index (χ2v) is 4.96. The monoisotopic (exact) mass is 252 g/mol. The van der Waals surface area contributed by atoms with Gasteiger partial charge in [0, 0.05) is 0 Å². The average Bonchev–Trinajstić information content (AvgIpc) is 2.29. The number of allylic oxidation sites excluding steroid dienone is 5. The van der Waals surface area contributed by atoms with Crippen LogP contribution >= 0.6 is 0 Å². The summed E-state index contributed by atoms with van der Waals surface area (Å²) in [5, 5.41) is 8.48. The Labute approximate surface area is 112 Å². The number of hydrogen-bond acceptors (Lipinski definition) is 2. The van der Waals surface area contributed by atoms with E-state index in [-0.39, 0.29) is 6.79 Å². The summed E-state index contributed by atoms with van der Waals surface area (Å²) in [4.78, 5) is 0. The lowest BCUT2D eigenvalue weighted by atomic mass is 10.1. The van der Waals surface area contributed by atoms with Crippen molar-refractivity contribution in [3.63, 3.8) is 0 Å². The minimum atomic E-state index is -0.201. The average molecular weight is 252 g/mol. The topological polar surface area (TPSA) is 29.5 Å². The summed E-state index contributed by atoms with van der Waals surface area (Å²) in [6, 6.07) is 0. The normalized spacial score (nSPS) is 12.7. The first-order chi connectivity index (χ1) is 8.56. The highest BCUT2D eigenvalue weighted by atomic mass is 16.6. The number of rotatable bonds is 9. The van der Waals surface area contributed by atoms with Crippen molar-refractivity contribution >= 4 is 0 Å². The molecule has 0 aliphatic heterocycles. The highest BCUT2D eigenvalue weighted by molar-refractivity contribution is 5.05. The maximum absolute atomic E-state index is 8.48. The maximum atomic E-state index is 8.48. The van der Waals surface area contributed by atoms with Crippen LogP contribution in [0.1, 0.15) is 53.4 Å². The lowest BCUT2D eigenvalue weighted by molar-refractivity contribution is 0.0129. The molecule has 0 heterocycles. The van der Waals surface area contributed by atoms with Gasteiger partial charge in [0.1, 0.15) is 6.79 Å². The molecule has 104 valence electrons. The smallest absolute Gasteiger partial charge is 0.143 e. The zero-order chi connectivity index (χ0) is 13.8. The molecule has 1 N–H and O–H groups in total. The highest BCUT2D eigenvalue weighted by Gasteiger charge is 1.92. The Morgan fingerprint density at radius 1 is 0.889 bits per heavy atom. The van der Waals surface area contributed by atoms with Crippen molar-refractivity contribution in [3.05, 3.63) is 34.9 Å². The van der Waals surface area contributed by atoms with Gasteiger partial charge in [-0.25, -0.2) is 0 Å². The van der Waals surface area contributed by atoms with E-state index in [4.69, 9.17) is 9.84 Å². The van der Waals surface area contributed by atoms with Gasteiger partial charge in [-0.05, 0) is 53.4 Å². The van der Waals surface area contributed by atoms with E-state index < -0.39 is 0 Å². The van der Waals surface area contributed by atoms with Crippen molar-refractivity contribution in [2.24, 2.45) is 0 Å². The molecule has 2 heteroatoms. The second kappa shape index (κ2) is 11.2. The fraction of sp³-hybridized carbons (Fsp3) is 0.625. The first-order valence-electron chi connectivity index (χ1n) is 6.69. The molecule has 0 atom stereocenters. The zero-order valence-electron chi connectivity index (χ0n) is 12.3. The van der Waals surface area contributed by atoms with Gasteiger partial charge in [-0.2, -0.15) is 0 Å². The molecule has 0 bridgehead atoms. The molecular formula is C16H28O2. The molecule has 0 aromatic carbocycles. The summed E-state index contributed by atoms with van der Waals surface area (Å²) in [6.45, 7) is 8.89. The SMILES string of the molecule is CC(C)=CCCC(C)=CCCC(C)=CCOCO. The fourth-order valence-electron chi connectivity index (χ4n) is 1.59. The fourth-order valence-corrected chi connectivity index (χ4v) is 1.59. The third-order valence-corrected chi connectivity index (χ3v) is 2.76. The Bertz CT molecular complexity index is 294. The molecule has 0 rings (SSSR count). The van der Waals surface area contributed by atoms with E-state index >= 15 is 0 Å². The molecule has 18 heavy (non-hydrogen) atoms. The van der Waals surface area contributed by atoms with Crippen molar-refractivity contribution in [2.45, 2.75) is 53.4 Å². The second-order valence-electron chi connectivity index (χ2n) is 4.96. The van der Waals surface area contributed by atoms with Crippen LogP contribution in [-0.4, -0.2) is 18.5 Å². The predicted molar refractivity (Wildman–Crippen MR) is 78.5 cm³/mol. The summed E-state index contributed by atoms with van der Waals surface area (Å²) >= 11 is 0. The maximum Gasteiger partial charge on any atom is 0.143 e. The molecule has 2 nitrogen and oxygen atoms in total. The van der Waals surface area contributed by atoms with Crippen LogP contribution < -0.4 is 0 Å². The Hall–Kier alpha value is -0.860. The minimum absolute atomic E-state index is 0.201. The van der Waals surface area contributed by atoms with E-state index in [1.165, 1.54) is 16.7 Å². The van der Waals surface area contributed by atoms with E-state index in [2.05, 4.69) is 39.8 Å². The van der Waals surface area contributed by atoms with Crippen LogP contribution in [-0.2, 0) is 4.74 Å². The Morgan fingerprint density at radius 2 is 1.44 bits per heavy atom. The van der Waals surface area contributed by atoms with Gasteiger partial charge < -0.3 is 9.84 Å². The number of aliphatic hydroxyl groups is 1. The van der Waals surface area contributed by atoms with Crippen molar-refractivity contribution in [2.75, 3.05) is 13.4 Å². The Kier molecular flexibility index (Phi) is 10.7. The van der Waals surface area contributed by atoms with Gasteiger partial charge in [0.25, 0.3) is 0 Å². The third-order valence-electron chi connectivity index (χ3n) is 2.76. The van der Waals surface area contributed by atoms with Gasteiger partial charge in [-0.3, -0.25) is 0 Å². The lowest BCUT2D eigenvalue weighted by Crippen LogP contribution is -1.92. The number of ether oxygens (including phenoxy) is 1. The standard InChI is InChI=1S/C16H28O2/c1-14(2)7-5-8-15(3)9-6-10-16(4)11-12-18-13-17/h7,9,11,17H,5-6,8,10,12-13H2,1-4H3. The molecule has 0 fully saturated rings. The van der Waals surface area contributed by atoms with E-state index in [0.717, 1.165) is 25.7 Å². The summed E-state index contributed by atoms with van der Waals surface area (Å²) in [6.07, 6.45) is 11.1. The van der Waals surface area contributed by atoms with Crippen molar-refractivity contribution < 1.29 is 9.84 Å². The molecule has 0 unspecified atom stereocenters. The number of hydrogen-bond donors (Lipinski definition) is 1. The molecule has 0 aliphatic carbocycles. The van der Waals surface area contributed by atoms with Gasteiger partial charge >= 0.3 is 0 Å². The first-order valence-corrected chi connectivity index (χ1v) is 6.69. The molecule has 0 saturated heterocycles. The Morgan fingerprint density at radius 3 is 2.00 bits per heavy atom. The molecule has 0 aliphatic rings. The van der Waals surface area contributed by atoms with Crippen molar-refractivity contribution in [3.8, 4) is 0 Å². The Balaban J connectivity index is 3.79. The quantitative estimate of drug-likeness (QED) is 0.375. The van der Waals surface area contributed by atoms with Gasteiger partial charge in [-0.15, -0.1) is 0 Å². The van der Waals surface area contributed by atoms with E-state index in [1.54, 1.807) is 0 Å². The molecular weight excluding hydrogens is 224 g/mol. The third kappa shape index (κ3) is 11.6. The van der Waals surface area contributed by atoms with E-state index in [9.17, 15) is 0 Å². The van der Waals surface area contributed by atoms with Gasteiger partial charge in [0.2, 0.25) is 0 Å². The van der Waals surface area contributed by atoms with Crippen LogP contribution in [0.5, 0.6) is 0 Å². The van der Waals surface area contributed by atoms with Gasteiger partial charge in [0.15, 0.2) is 0 Å². The predicted octanol–water partition coefficient (Wildman–Crippen LogP) is 4.37. The van der Waals surface area contributed by atoms with Crippen LogP contribution in [0.2, 0.25) is 0 Å². The minimum Gasteiger partial charge on any atom is -0.371 e. The number of aliphatic hydroxyl groups excluding tert-OH is 1. The zero-order valence-corrected chi connectivity index (χ0v) is 12.3. The van der Waals surface area contributed by atoms with Crippen LogP contribution in [0.3, 0.4) is 0 Å². The van der Waals surface area contributed by atoms with Crippen LogP contribution in [0, 0.1) is 0 Å². The van der Waals surface area contributed by atoms with Gasteiger partial charge in [0.05, 0.1) is 6.61 Å². The first kappa shape index (κ1) is 17.1. The largest absolute Gasteiger partial charge is 0.371 e.